The number of hydrogen-bond acceptors (Lipinski definition) is 6. The minimum Gasteiger partial charge on any atom is -0.341 e. The molecule has 0 saturated carbocycles. The first kappa shape index (κ1) is 20.4. The first-order valence-corrected chi connectivity index (χ1v) is 9.82. The van der Waals surface area contributed by atoms with E-state index in [0.717, 1.165) is 43.1 Å². The molecule has 8 heteroatoms. The van der Waals surface area contributed by atoms with Crippen molar-refractivity contribution in [2.24, 2.45) is 7.05 Å². The highest BCUT2D eigenvalue weighted by atomic mass is 16.2. The van der Waals surface area contributed by atoms with E-state index in [1.807, 2.05) is 56.3 Å². The van der Waals surface area contributed by atoms with Crippen molar-refractivity contribution in [3.05, 3.63) is 41.7 Å². The van der Waals surface area contributed by atoms with E-state index in [9.17, 15) is 4.79 Å². The average molecular weight is 386 g/mol. The summed E-state index contributed by atoms with van der Waals surface area (Å²) >= 11 is 0. The van der Waals surface area contributed by atoms with E-state index in [-0.39, 0.29) is 11.8 Å². The summed E-state index contributed by atoms with van der Waals surface area (Å²) in [5.41, 5.74) is 1.11. The molecule has 1 saturated heterocycles. The molecule has 0 bridgehead atoms. The Bertz CT molecular complexity index is 774. The van der Waals surface area contributed by atoms with Crippen molar-refractivity contribution in [3.8, 4) is 0 Å². The summed E-state index contributed by atoms with van der Waals surface area (Å²) in [6, 6.07) is 3.95. The van der Waals surface area contributed by atoms with Crippen molar-refractivity contribution in [3.63, 3.8) is 0 Å². The van der Waals surface area contributed by atoms with Crippen LogP contribution in [0.3, 0.4) is 0 Å². The number of piperidine rings is 1. The second kappa shape index (κ2) is 9.25. The van der Waals surface area contributed by atoms with E-state index in [4.69, 9.17) is 0 Å². The van der Waals surface area contributed by atoms with Crippen LogP contribution in [0.4, 0.5) is 0 Å². The monoisotopic (exact) mass is 385 g/mol. The minimum absolute atomic E-state index is 0.173. The third-order valence-corrected chi connectivity index (χ3v) is 5.18. The molecule has 8 nitrogen and oxygen atoms in total. The van der Waals surface area contributed by atoms with Gasteiger partial charge in [0.1, 0.15) is 11.6 Å². The van der Waals surface area contributed by atoms with Crippen LogP contribution in [0.2, 0.25) is 0 Å². The molecule has 2 aromatic rings. The molecule has 0 aromatic carbocycles. The molecule has 1 atom stereocenters. The Labute approximate surface area is 167 Å². The minimum atomic E-state index is 0.173. The van der Waals surface area contributed by atoms with Crippen LogP contribution in [0, 0.1) is 0 Å². The van der Waals surface area contributed by atoms with E-state index < -0.39 is 0 Å². The number of carbonyl (C=O) groups excluding carboxylic acids is 1. The van der Waals surface area contributed by atoms with E-state index >= 15 is 0 Å². The summed E-state index contributed by atoms with van der Waals surface area (Å²) in [5, 5.41) is 8.78. The molecule has 0 spiro atoms. The van der Waals surface area contributed by atoms with Gasteiger partial charge >= 0.3 is 0 Å². The number of aromatic nitrogens is 4. The van der Waals surface area contributed by atoms with Gasteiger partial charge in [-0.25, -0.2) is 0 Å². The van der Waals surface area contributed by atoms with Crippen molar-refractivity contribution < 1.29 is 4.79 Å². The van der Waals surface area contributed by atoms with E-state index in [1.165, 1.54) is 0 Å². The molecule has 1 amide bonds. The van der Waals surface area contributed by atoms with Gasteiger partial charge in [0.2, 0.25) is 5.91 Å². The zero-order chi connectivity index (χ0) is 20.1. The number of rotatable bonds is 7. The molecule has 0 aliphatic carbocycles. The fourth-order valence-electron chi connectivity index (χ4n) is 3.76. The van der Waals surface area contributed by atoms with Crippen LogP contribution in [0.25, 0.3) is 0 Å². The number of amides is 1. The van der Waals surface area contributed by atoms with Crippen molar-refractivity contribution in [1.82, 2.24) is 34.4 Å². The van der Waals surface area contributed by atoms with Gasteiger partial charge in [-0.15, -0.1) is 10.2 Å². The average Bonchev–Trinajstić information content (AvgIpc) is 3.02. The van der Waals surface area contributed by atoms with Crippen LogP contribution in [0.1, 0.15) is 36.0 Å². The zero-order valence-electron chi connectivity index (χ0n) is 17.4. The van der Waals surface area contributed by atoms with Crippen LogP contribution in [0.15, 0.2) is 24.5 Å². The Kier molecular flexibility index (Phi) is 6.74. The molecule has 152 valence electrons. The van der Waals surface area contributed by atoms with Gasteiger partial charge in [-0.2, -0.15) is 0 Å². The zero-order valence-corrected chi connectivity index (χ0v) is 17.4. The molecule has 2 aromatic heterocycles. The molecule has 0 radical (unpaired) electrons. The first-order valence-electron chi connectivity index (χ1n) is 9.82. The molecule has 3 rings (SSSR count). The number of likely N-dealkylation sites (tertiary alicyclic amines) is 1. The fourth-order valence-corrected chi connectivity index (χ4v) is 3.76. The van der Waals surface area contributed by atoms with Gasteiger partial charge in [-0.1, -0.05) is 6.07 Å². The van der Waals surface area contributed by atoms with Crippen LogP contribution in [-0.4, -0.2) is 81.1 Å². The van der Waals surface area contributed by atoms with E-state index in [1.54, 1.807) is 6.20 Å². The number of nitrogens with zero attached hydrogens (tertiary/aromatic N) is 7. The lowest BCUT2D eigenvalue weighted by Crippen LogP contribution is -2.44. The Morgan fingerprint density at radius 2 is 2.07 bits per heavy atom. The molecule has 1 aliphatic heterocycles. The molecule has 3 heterocycles. The third-order valence-electron chi connectivity index (χ3n) is 5.18. The SMILES string of the molecule is CN(C)Cc1nnc(C2CCCN(C(=O)CN(C)Cc3cccnc3)C2)n1C. The molecule has 1 fully saturated rings. The van der Waals surface area contributed by atoms with Crippen molar-refractivity contribution >= 4 is 5.91 Å². The molecule has 1 unspecified atom stereocenters. The van der Waals surface area contributed by atoms with Crippen LogP contribution in [0.5, 0.6) is 0 Å². The van der Waals surface area contributed by atoms with Gasteiger partial charge in [0, 0.05) is 45.0 Å². The van der Waals surface area contributed by atoms with Crippen molar-refractivity contribution in [2.45, 2.75) is 31.8 Å². The molecule has 1 aliphatic rings. The maximum atomic E-state index is 12.8. The predicted molar refractivity (Wildman–Crippen MR) is 108 cm³/mol. The quantitative estimate of drug-likeness (QED) is 0.711. The van der Waals surface area contributed by atoms with E-state index in [0.29, 0.717) is 19.6 Å². The predicted octanol–water partition coefficient (Wildman–Crippen LogP) is 1.11. The van der Waals surface area contributed by atoms with Crippen molar-refractivity contribution in [1.29, 1.82) is 0 Å². The summed E-state index contributed by atoms with van der Waals surface area (Å²) in [5.74, 6) is 2.36. The fraction of sp³-hybridized carbons (Fsp3) is 0.600. The van der Waals surface area contributed by atoms with E-state index in [2.05, 4.69) is 24.6 Å². The Morgan fingerprint density at radius 1 is 1.25 bits per heavy atom. The van der Waals surface area contributed by atoms with Gasteiger partial charge in [0.05, 0.1) is 13.1 Å². The highest BCUT2D eigenvalue weighted by Crippen LogP contribution is 2.26. The van der Waals surface area contributed by atoms with Gasteiger partial charge in [-0.3, -0.25) is 14.7 Å². The summed E-state index contributed by atoms with van der Waals surface area (Å²) in [6.45, 7) is 3.42. The van der Waals surface area contributed by atoms with Crippen LogP contribution >= 0.6 is 0 Å². The standard InChI is InChI=1S/C20H31N7O/c1-24(2)14-18-22-23-20(26(18)4)17-8-6-10-27(13-17)19(28)15-25(3)12-16-7-5-9-21-11-16/h5,7,9,11,17H,6,8,10,12-15H2,1-4H3. The van der Waals surface area contributed by atoms with Gasteiger partial charge < -0.3 is 14.4 Å². The normalized spacial score (nSPS) is 17.5. The number of carbonyl (C=O) groups is 1. The molecular weight excluding hydrogens is 354 g/mol. The Balaban J connectivity index is 1.58. The number of likely N-dealkylation sites (N-methyl/N-ethyl adjacent to an activating group) is 1. The maximum Gasteiger partial charge on any atom is 0.236 e. The summed E-state index contributed by atoms with van der Waals surface area (Å²) in [6.07, 6.45) is 5.65. The van der Waals surface area contributed by atoms with Gasteiger partial charge in [0.15, 0.2) is 0 Å². The summed E-state index contributed by atoms with van der Waals surface area (Å²) < 4.78 is 2.09. The summed E-state index contributed by atoms with van der Waals surface area (Å²) in [4.78, 5) is 23.1. The summed E-state index contributed by atoms with van der Waals surface area (Å²) in [7, 11) is 8.05. The van der Waals surface area contributed by atoms with Crippen LogP contribution in [-0.2, 0) is 24.9 Å². The van der Waals surface area contributed by atoms with Crippen molar-refractivity contribution in [2.75, 3.05) is 40.8 Å². The smallest absolute Gasteiger partial charge is 0.236 e. The lowest BCUT2D eigenvalue weighted by molar-refractivity contribution is -0.133. The van der Waals surface area contributed by atoms with Crippen LogP contribution < -0.4 is 0 Å². The second-order valence-electron chi connectivity index (χ2n) is 7.98. The number of pyridine rings is 1. The molecule has 0 N–H and O–H groups in total. The Morgan fingerprint density at radius 3 is 2.79 bits per heavy atom. The molecular formula is C20H31N7O. The topological polar surface area (TPSA) is 70.4 Å². The highest BCUT2D eigenvalue weighted by molar-refractivity contribution is 5.78. The first-order chi connectivity index (χ1) is 13.4. The maximum absolute atomic E-state index is 12.8. The lowest BCUT2D eigenvalue weighted by atomic mass is 9.97. The largest absolute Gasteiger partial charge is 0.341 e. The molecule has 28 heavy (non-hydrogen) atoms. The number of hydrogen-bond donors (Lipinski definition) is 0. The van der Waals surface area contributed by atoms with Gasteiger partial charge in [0.25, 0.3) is 0 Å². The lowest BCUT2D eigenvalue weighted by Gasteiger charge is -2.33. The Hall–Kier alpha value is -2.32. The van der Waals surface area contributed by atoms with Gasteiger partial charge in [-0.05, 0) is 45.6 Å². The highest BCUT2D eigenvalue weighted by Gasteiger charge is 2.28. The second-order valence-corrected chi connectivity index (χ2v) is 7.98. The third kappa shape index (κ3) is 5.14.